The molecule has 0 nitrogen and oxygen atoms in total. The molecule has 0 bridgehead atoms. The van der Waals surface area contributed by atoms with Gasteiger partial charge in [-0.2, -0.15) is 0 Å². The van der Waals surface area contributed by atoms with Crippen LogP contribution in [-0.4, -0.2) is 0 Å². The third kappa shape index (κ3) is 2.03. The Bertz CT molecular complexity index is 55.1. The Labute approximate surface area is 71.7 Å². The number of hydrogen-bond acceptors (Lipinski definition) is 0. The molecule has 1 fully saturated rings. The van der Waals surface area contributed by atoms with Gasteiger partial charge in [0.2, 0.25) is 0 Å². The molecule has 2 heteroatoms. The standard InChI is InChI=1S/C5H3I2/c6-4-1-2-5(7)3-4/h1-3H. The number of halogens is 2. The fourth-order valence-electron chi connectivity index (χ4n) is 0.387. The lowest BCUT2D eigenvalue weighted by atomic mass is 10.4. The maximum atomic E-state index is 2.30. The van der Waals surface area contributed by atoms with Gasteiger partial charge in [-0.25, -0.2) is 0 Å². The minimum Gasteiger partial charge on any atom is -0.0767 e. The van der Waals surface area contributed by atoms with Crippen molar-refractivity contribution in [3.63, 3.8) is 0 Å². The van der Waals surface area contributed by atoms with Gasteiger partial charge in [-0.05, 0) is 19.3 Å². The predicted molar refractivity (Wildman–Crippen MR) is 47.4 cm³/mol. The van der Waals surface area contributed by atoms with Crippen molar-refractivity contribution >= 4 is 45.2 Å². The fraction of sp³-hybridized carbons (Fsp3) is 0. The van der Waals surface area contributed by atoms with Gasteiger partial charge >= 0.3 is 0 Å². The van der Waals surface area contributed by atoms with Gasteiger partial charge < -0.3 is 0 Å². The van der Waals surface area contributed by atoms with Crippen LogP contribution in [0.4, 0.5) is 0 Å². The number of hydrogen-bond donors (Lipinski definition) is 0. The van der Waals surface area contributed by atoms with Crippen molar-refractivity contribution in [3.8, 4) is 0 Å². The maximum absolute atomic E-state index is 2.30. The molecule has 0 unspecified atom stereocenters. The average Bonchev–Trinajstić information content (AvgIpc) is 1.87. The summed E-state index contributed by atoms with van der Waals surface area (Å²) in [5.41, 5.74) is 0. The topological polar surface area (TPSA) is 0 Å². The molecule has 5 radical (unpaired) electrons. The summed E-state index contributed by atoms with van der Waals surface area (Å²) in [4.78, 5) is 0. The van der Waals surface area contributed by atoms with Gasteiger partial charge in [0.05, 0.1) is 0 Å². The molecule has 0 aromatic heterocycles. The molecular weight excluding hydrogens is 314 g/mol. The summed E-state index contributed by atoms with van der Waals surface area (Å²) < 4.78 is 2.64. The van der Waals surface area contributed by atoms with Gasteiger partial charge in [0.1, 0.15) is 0 Å². The summed E-state index contributed by atoms with van der Waals surface area (Å²) >= 11 is 4.59. The smallest absolute Gasteiger partial charge is 0.0453 e. The van der Waals surface area contributed by atoms with E-state index >= 15 is 0 Å². The van der Waals surface area contributed by atoms with Gasteiger partial charge in [0.25, 0.3) is 0 Å². The van der Waals surface area contributed by atoms with Crippen LogP contribution in [0.1, 0.15) is 0 Å². The summed E-state index contributed by atoms with van der Waals surface area (Å²) in [6, 6.07) is 0. The first-order chi connectivity index (χ1) is 3.29. The lowest BCUT2D eigenvalue weighted by Crippen LogP contribution is -1.75. The van der Waals surface area contributed by atoms with E-state index in [1.54, 1.807) is 0 Å². The van der Waals surface area contributed by atoms with Crippen molar-refractivity contribution < 1.29 is 0 Å². The first-order valence-corrected chi connectivity index (χ1v) is 4.02. The zero-order chi connectivity index (χ0) is 5.28. The lowest BCUT2D eigenvalue weighted by molar-refractivity contribution is 1.58. The SMILES string of the molecule is I[C]1[CH][CH][C](I)[CH]1. The van der Waals surface area contributed by atoms with Gasteiger partial charge in [-0.1, -0.05) is 45.2 Å². The lowest BCUT2D eigenvalue weighted by Gasteiger charge is -1.90. The summed E-state index contributed by atoms with van der Waals surface area (Å²) in [7, 11) is 0. The average molecular weight is 317 g/mol. The molecule has 1 aliphatic carbocycles. The highest BCUT2D eigenvalue weighted by atomic mass is 127. The minimum atomic E-state index is 1.32. The highest BCUT2D eigenvalue weighted by molar-refractivity contribution is 14.1. The zero-order valence-electron chi connectivity index (χ0n) is 3.49. The minimum absolute atomic E-state index is 1.32. The quantitative estimate of drug-likeness (QED) is 0.603. The molecule has 37 valence electrons. The largest absolute Gasteiger partial charge is 0.0767 e. The van der Waals surface area contributed by atoms with E-state index in [1.165, 1.54) is 7.85 Å². The Hall–Kier alpha value is 1.46. The van der Waals surface area contributed by atoms with E-state index in [4.69, 9.17) is 0 Å². The van der Waals surface area contributed by atoms with Crippen molar-refractivity contribution in [2.24, 2.45) is 0 Å². The van der Waals surface area contributed by atoms with Crippen LogP contribution in [0.15, 0.2) is 0 Å². The normalized spacial score (nSPS) is 26.6. The second-order valence-electron chi connectivity index (χ2n) is 1.25. The number of rotatable bonds is 0. The molecule has 0 heterocycles. The van der Waals surface area contributed by atoms with Crippen molar-refractivity contribution in [3.05, 3.63) is 27.1 Å². The molecule has 0 amide bonds. The van der Waals surface area contributed by atoms with E-state index in [9.17, 15) is 0 Å². The Morgan fingerprint density at radius 1 is 1.00 bits per heavy atom. The molecule has 1 saturated carbocycles. The molecule has 7 heavy (non-hydrogen) atoms. The van der Waals surface area contributed by atoms with Crippen LogP contribution in [0.2, 0.25) is 0 Å². The third-order valence-corrected chi connectivity index (χ3v) is 2.02. The van der Waals surface area contributed by atoms with E-state index in [0.29, 0.717) is 0 Å². The van der Waals surface area contributed by atoms with Gasteiger partial charge in [0.15, 0.2) is 0 Å². The van der Waals surface area contributed by atoms with E-state index in [1.807, 2.05) is 0 Å². The third-order valence-electron chi connectivity index (χ3n) is 0.678. The summed E-state index contributed by atoms with van der Waals surface area (Å²) in [5, 5.41) is 0. The fourth-order valence-corrected chi connectivity index (χ4v) is 2.01. The van der Waals surface area contributed by atoms with Crippen LogP contribution < -0.4 is 0 Å². The summed E-state index contributed by atoms with van der Waals surface area (Å²) in [6.45, 7) is 0. The second kappa shape index (κ2) is 2.85. The Morgan fingerprint density at radius 3 is 1.57 bits per heavy atom. The van der Waals surface area contributed by atoms with E-state index in [0.717, 1.165) is 0 Å². The Balaban J connectivity index is 2.26. The van der Waals surface area contributed by atoms with E-state index < -0.39 is 0 Å². The molecular formula is C5H3I2. The van der Waals surface area contributed by atoms with Crippen LogP contribution >= 0.6 is 45.2 Å². The van der Waals surface area contributed by atoms with Crippen molar-refractivity contribution in [2.75, 3.05) is 0 Å². The van der Waals surface area contributed by atoms with Crippen LogP contribution in [0.5, 0.6) is 0 Å². The first-order valence-electron chi connectivity index (χ1n) is 1.87. The summed E-state index contributed by atoms with van der Waals surface area (Å²) in [5.74, 6) is 0. The van der Waals surface area contributed by atoms with Crippen LogP contribution in [0.3, 0.4) is 0 Å². The summed E-state index contributed by atoms with van der Waals surface area (Å²) in [6.07, 6.45) is 6.34. The van der Waals surface area contributed by atoms with E-state index in [2.05, 4.69) is 64.4 Å². The Morgan fingerprint density at radius 2 is 1.43 bits per heavy atom. The first kappa shape index (κ1) is 6.58. The molecule has 0 aromatic carbocycles. The zero-order valence-corrected chi connectivity index (χ0v) is 7.80. The molecule has 1 aliphatic rings. The van der Waals surface area contributed by atoms with Gasteiger partial charge in [-0.15, -0.1) is 0 Å². The maximum Gasteiger partial charge on any atom is 0.0453 e. The Kier molecular flexibility index (Phi) is 2.67. The highest BCUT2D eigenvalue weighted by Crippen LogP contribution is 2.39. The molecule has 1 rings (SSSR count). The predicted octanol–water partition coefficient (Wildman–Crippen LogP) is 2.55. The molecule has 0 aromatic rings. The molecule has 0 aliphatic heterocycles. The van der Waals surface area contributed by atoms with Crippen LogP contribution in [0, 0.1) is 27.1 Å². The van der Waals surface area contributed by atoms with Gasteiger partial charge in [-0.3, -0.25) is 0 Å². The van der Waals surface area contributed by atoms with Gasteiger partial charge in [0, 0.05) is 7.85 Å². The second-order valence-corrected chi connectivity index (χ2v) is 3.74. The van der Waals surface area contributed by atoms with Crippen LogP contribution in [0.25, 0.3) is 0 Å². The highest BCUT2D eigenvalue weighted by Gasteiger charge is 2.21. The van der Waals surface area contributed by atoms with Crippen molar-refractivity contribution in [1.29, 1.82) is 0 Å². The monoisotopic (exact) mass is 317 g/mol. The molecule has 0 N–H and O–H groups in total. The molecule has 0 atom stereocenters. The van der Waals surface area contributed by atoms with Crippen molar-refractivity contribution in [1.82, 2.24) is 0 Å². The molecule has 0 saturated heterocycles. The van der Waals surface area contributed by atoms with Crippen LogP contribution in [-0.2, 0) is 0 Å². The van der Waals surface area contributed by atoms with E-state index in [-0.39, 0.29) is 0 Å². The molecule has 0 spiro atoms. The van der Waals surface area contributed by atoms with Crippen molar-refractivity contribution in [2.45, 2.75) is 0 Å².